The second kappa shape index (κ2) is 7.25. The zero-order valence-corrected chi connectivity index (χ0v) is 14.1. The topological polar surface area (TPSA) is 99.1 Å². The zero-order chi connectivity index (χ0) is 17.7. The molecule has 0 bridgehead atoms. The van der Waals surface area contributed by atoms with Gasteiger partial charge in [-0.25, -0.2) is 13.1 Å². The first kappa shape index (κ1) is 17.7. The van der Waals surface area contributed by atoms with Crippen LogP contribution in [0.1, 0.15) is 28.4 Å². The fourth-order valence-electron chi connectivity index (χ4n) is 2.17. The molecular formula is C17H17N3O3S. The van der Waals surface area contributed by atoms with Crippen LogP contribution in [0.5, 0.6) is 0 Å². The second-order valence-corrected chi connectivity index (χ2v) is 7.02. The van der Waals surface area contributed by atoms with Crippen LogP contribution in [-0.2, 0) is 16.6 Å². The number of ketones is 1. The summed E-state index contributed by atoms with van der Waals surface area (Å²) in [4.78, 5) is 11.9. The van der Waals surface area contributed by atoms with Gasteiger partial charge in [-0.2, -0.15) is 5.26 Å². The first-order valence-electron chi connectivity index (χ1n) is 7.19. The number of rotatable bonds is 6. The van der Waals surface area contributed by atoms with Crippen LogP contribution in [0.25, 0.3) is 0 Å². The van der Waals surface area contributed by atoms with Crippen molar-refractivity contribution in [2.75, 3.05) is 12.4 Å². The van der Waals surface area contributed by atoms with Crippen molar-refractivity contribution >= 4 is 21.5 Å². The van der Waals surface area contributed by atoms with E-state index in [-0.39, 0.29) is 10.7 Å². The molecule has 6 nitrogen and oxygen atoms in total. The molecule has 0 aliphatic rings. The van der Waals surface area contributed by atoms with Gasteiger partial charge in [0.2, 0.25) is 10.0 Å². The Bertz CT molecular complexity index is 898. The maximum atomic E-state index is 11.7. The van der Waals surface area contributed by atoms with Crippen LogP contribution in [0.15, 0.2) is 47.4 Å². The van der Waals surface area contributed by atoms with Crippen molar-refractivity contribution < 1.29 is 13.2 Å². The van der Waals surface area contributed by atoms with Crippen LogP contribution in [0.2, 0.25) is 0 Å². The van der Waals surface area contributed by atoms with Gasteiger partial charge in [-0.15, -0.1) is 0 Å². The minimum atomic E-state index is -3.46. The lowest BCUT2D eigenvalue weighted by atomic mass is 10.1. The summed E-state index contributed by atoms with van der Waals surface area (Å²) in [6, 6.07) is 13.3. The van der Waals surface area contributed by atoms with Crippen molar-refractivity contribution in [3.63, 3.8) is 0 Å². The average Bonchev–Trinajstić information content (AvgIpc) is 2.59. The van der Waals surface area contributed by atoms with Crippen molar-refractivity contribution in [1.82, 2.24) is 4.72 Å². The van der Waals surface area contributed by atoms with Crippen molar-refractivity contribution in [2.45, 2.75) is 18.4 Å². The lowest BCUT2D eigenvalue weighted by Crippen LogP contribution is -2.18. The van der Waals surface area contributed by atoms with E-state index in [4.69, 9.17) is 5.26 Å². The van der Waals surface area contributed by atoms with Gasteiger partial charge < -0.3 is 5.32 Å². The molecule has 0 fully saturated rings. The van der Waals surface area contributed by atoms with Gasteiger partial charge in [-0.05, 0) is 49.9 Å². The smallest absolute Gasteiger partial charge is 0.240 e. The van der Waals surface area contributed by atoms with Gasteiger partial charge in [-0.1, -0.05) is 12.1 Å². The van der Waals surface area contributed by atoms with E-state index in [1.54, 1.807) is 30.3 Å². The van der Waals surface area contributed by atoms with Gasteiger partial charge in [0.25, 0.3) is 0 Å². The molecule has 0 saturated carbocycles. The van der Waals surface area contributed by atoms with E-state index in [9.17, 15) is 13.2 Å². The van der Waals surface area contributed by atoms with Crippen molar-refractivity contribution in [2.24, 2.45) is 0 Å². The minimum Gasteiger partial charge on any atom is -0.380 e. The highest BCUT2D eigenvalue weighted by atomic mass is 32.2. The highest BCUT2D eigenvalue weighted by Crippen LogP contribution is 2.20. The summed E-state index contributed by atoms with van der Waals surface area (Å²) < 4.78 is 25.6. The number of nitrogens with zero attached hydrogens (tertiary/aromatic N) is 1. The fourth-order valence-corrected chi connectivity index (χ4v) is 2.90. The van der Waals surface area contributed by atoms with E-state index in [0.717, 1.165) is 5.56 Å². The van der Waals surface area contributed by atoms with E-state index in [0.29, 0.717) is 23.4 Å². The van der Waals surface area contributed by atoms with Crippen LogP contribution in [0.4, 0.5) is 5.69 Å². The predicted molar refractivity (Wildman–Crippen MR) is 91.2 cm³/mol. The molecule has 0 aliphatic carbocycles. The first-order chi connectivity index (χ1) is 11.4. The van der Waals surface area contributed by atoms with E-state index >= 15 is 0 Å². The Morgan fingerprint density at radius 3 is 2.38 bits per heavy atom. The standard InChI is InChI=1S/C17H17N3O3S/c1-12(21)16-8-5-14(10-18)9-17(16)20-11-13-3-6-15(7-4-13)24(22,23)19-2/h3-9,19-20H,11H2,1-2H3. The molecule has 0 heterocycles. The Balaban J connectivity index is 2.19. The number of nitrogens with one attached hydrogen (secondary N) is 2. The summed E-state index contributed by atoms with van der Waals surface area (Å²) >= 11 is 0. The lowest BCUT2D eigenvalue weighted by molar-refractivity contribution is 0.101. The summed E-state index contributed by atoms with van der Waals surface area (Å²) in [7, 11) is -2.10. The van der Waals surface area contributed by atoms with Crippen LogP contribution in [0, 0.1) is 11.3 Å². The van der Waals surface area contributed by atoms with Crippen LogP contribution in [-0.4, -0.2) is 21.2 Å². The molecule has 0 aromatic heterocycles. The fraction of sp³-hybridized carbons (Fsp3) is 0.176. The van der Waals surface area contributed by atoms with Crippen molar-refractivity contribution in [1.29, 1.82) is 5.26 Å². The molecule has 0 atom stereocenters. The minimum absolute atomic E-state index is 0.0996. The molecule has 2 rings (SSSR count). The molecule has 0 unspecified atom stereocenters. The third kappa shape index (κ3) is 3.98. The maximum Gasteiger partial charge on any atom is 0.240 e. The zero-order valence-electron chi connectivity index (χ0n) is 13.3. The third-order valence-electron chi connectivity index (χ3n) is 3.51. The van der Waals surface area contributed by atoms with Crippen molar-refractivity contribution in [3.8, 4) is 6.07 Å². The molecule has 0 amide bonds. The van der Waals surface area contributed by atoms with Gasteiger partial charge >= 0.3 is 0 Å². The Kier molecular flexibility index (Phi) is 5.34. The number of sulfonamides is 1. The molecule has 0 saturated heterocycles. The molecule has 0 spiro atoms. The molecular weight excluding hydrogens is 326 g/mol. The number of nitriles is 1. The van der Waals surface area contributed by atoms with E-state index < -0.39 is 10.0 Å². The molecule has 124 valence electrons. The molecule has 0 aliphatic heterocycles. The van der Waals surface area contributed by atoms with Crippen molar-refractivity contribution in [3.05, 3.63) is 59.2 Å². The highest BCUT2D eigenvalue weighted by Gasteiger charge is 2.11. The number of benzene rings is 2. The Morgan fingerprint density at radius 1 is 1.17 bits per heavy atom. The summed E-state index contributed by atoms with van der Waals surface area (Å²) in [5.41, 5.74) is 2.39. The number of hydrogen-bond acceptors (Lipinski definition) is 5. The maximum absolute atomic E-state index is 11.7. The van der Waals surface area contributed by atoms with Crippen LogP contribution in [0.3, 0.4) is 0 Å². The normalized spacial score (nSPS) is 10.9. The van der Waals surface area contributed by atoms with E-state index in [1.165, 1.54) is 26.1 Å². The number of anilines is 1. The monoisotopic (exact) mass is 343 g/mol. The molecule has 0 radical (unpaired) electrons. The predicted octanol–water partition coefficient (Wildman–Crippen LogP) is 2.28. The Labute approximate surface area is 141 Å². The lowest BCUT2D eigenvalue weighted by Gasteiger charge is -2.11. The van der Waals surface area contributed by atoms with Crippen LogP contribution < -0.4 is 10.0 Å². The van der Waals surface area contributed by atoms with E-state index in [2.05, 4.69) is 10.0 Å². The molecule has 7 heteroatoms. The Hall–Kier alpha value is -2.69. The number of hydrogen-bond donors (Lipinski definition) is 2. The summed E-state index contributed by atoms with van der Waals surface area (Å²) in [6.07, 6.45) is 0. The summed E-state index contributed by atoms with van der Waals surface area (Å²) in [5.74, 6) is -0.0996. The summed E-state index contributed by atoms with van der Waals surface area (Å²) in [6.45, 7) is 1.86. The van der Waals surface area contributed by atoms with Gasteiger partial charge in [0.15, 0.2) is 5.78 Å². The largest absolute Gasteiger partial charge is 0.380 e. The molecule has 2 N–H and O–H groups in total. The number of Topliss-reactive ketones (excluding diaryl/α,β-unsaturated/α-hetero) is 1. The average molecular weight is 343 g/mol. The van der Waals surface area contributed by atoms with Gasteiger partial charge in [0, 0.05) is 17.8 Å². The second-order valence-electron chi connectivity index (χ2n) is 5.13. The highest BCUT2D eigenvalue weighted by molar-refractivity contribution is 7.89. The first-order valence-corrected chi connectivity index (χ1v) is 8.67. The quantitative estimate of drug-likeness (QED) is 0.784. The van der Waals surface area contributed by atoms with Crippen LogP contribution >= 0.6 is 0 Å². The summed E-state index contributed by atoms with van der Waals surface area (Å²) in [5, 5.41) is 12.1. The molecule has 24 heavy (non-hydrogen) atoms. The van der Waals surface area contributed by atoms with Gasteiger partial charge in [-0.3, -0.25) is 4.79 Å². The van der Waals surface area contributed by atoms with Gasteiger partial charge in [0.05, 0.1) is 16.5 Å². The SMILES string of the molecule is CNS(=O)(=O)c1ccc(CNc2cc(C#N)ccc2C(C)=O)cc1. The number of carbonyl (C=O) groups is 1. The van der Waals surface area contributed by atoms with E-state index in [1.807, 2.05) is 6.07 Å². The molecule has 2 aromatic carbocycles. The number of carbonyl (C=O) groups excluding carboxylic acids is 1. The van der Waals surface area contributed by atoms with Gasteiger partial charge in [0.1, 0.15) is 0 Å². The third-order valence-corrected chi connectivity index (χ3v) is 4.94. The Morgan fingerprint density at radius 2 is 1.83 bits per heavy atom. The molecule has 2 aromatic rings.